The number of aromatic nitrogens is 1. The van der Waals surface area contributed by atoms with Gasteiger partial charge in [-0.25, -0.2) is 9.78 Å². The van der Waals surface area contributed by atoms with Crippen LogP contribution in [0.25, 0.3) is 0 Å². The number of carbonyl (C=O) groups is 1. The van der Waals surface area contributed by atoms with Crippen LogP contribution in [0, 0.1) is 0 Å². The third kappa shape index (κ3) is 4.83. The van der Waals surface area contributed by atoms with Crippen molar-refractivity contribution in [2.24, 2.45) is 0 Å². The lowest BCUT2D eigenvalue weighted by Gasteiger charge is -2.19. The average Bonchev–Trinajstić information content (AvgIpc) is 2.27. The van der Waals surface area contributed by atoms with E-state index in [1.54, 1.807) is 12.1 Å². The molecular weight excluding hydrogens is 262 g/mol. The van der Waals surface area contributed by atoms with E-state index in [0.717, 1.165) is 18.5 Å². The fourth-order valence-electron chi connectivity index (χ4n) is 1.72. The number of rotatable bonds is 4. The summed E-state index contributed by atoms with van der Waals surface area (Å²) in [6.45, 7) is 10.0. The van der Waals surface area contributed by atoms with Gasteiger partial charge in [0.2, 0.25) is 0 Å². The summed E-state index contributed by atoms with van der Waals surface area (Å²) in [5.41, 5.74) is 1.09. The van der Waals surface area contributed by atoms with Crippen molar-refractivity contribution in [1.29, 1.82) is 0 Å². The molecule has 0 spiro atoms. The molecule has 0 aromatic carbocycles. The molecule has 0 saturated carbocycles. The summed E-state index contributed by atoms with van der Waals surface area (Å²) < 4.78 is 5.37. The fraction of sp³-hybridized carbons (Fsp3) is 0.600. The molecule has 0 amide bonds. The highest BCUT2D eigenvalue weighted by Gasteiger charge is 2.20. The summed E-state index contributed by atoms with van der Waals surface area (Å²) in [6, 6.07) is 3.31. The van der Waals surface area contributed by atoms with Crippen LogP contribution >= 0.6 is 11.6 Å². The van der Waals surface area contributed by atoms with Crippen LogP contribution in [0.1, 0.15) is 63.5 Å². The van der Waals surface area contributed by atoms with Gasteiger partial charge in [0, 0.05) is 11.1 Å². The van der Waals surface area contributed by atoms with Crippen LogP contribution in [0.15, 0.2) is 12.1 Å². The highest BCUT2D eigenvalue weighted by molar-refractivity contribution is 6.29. The van der Waals surface area contributed by atoms with Crippen molar-refractivity contribution in [2.45, 2.75) is 59.0 Å². The molecule has 1 aromatic rings. The minimum Gasteiger partial charge on any atom is -0.459 e. The number of hydrogen-bond donors (Lipinski definition) is 0. The third-order valence-corrected chi connectivity index (χ3v) is 3.00. The van der Waals surface area contributed by atoms with Gasteiger partial charge >= 0.3 is 5.97 Å². The largest absolute Gasteiger partial charge is 0.459 e. The molecule has 0 radical (unpaired) electrons. The fourth-order valence-corrected chi connectivity index (χ4v) is 1.92. The van der Waals surface area contributed by atoms with E-state index in [1.165, 1.54) is 0 Å². The molecule has 0 aliphatic heterocycles. The quantitative estimate of drug-likeness (QED) is 0.608. The normalized spacial score (nSPS) is 13.2. The Labute approximate surface area is 120 Å². The maximum Gasteiger partial charge on any atom is 0.338 e. The molecule has 1 atom stereocenters. The van der Waals surface area contributed by atoms with Gasteiger partial charge in [0.15, 0.2) is 0 Å². The number of nitrogens with zero attached hydrogens (tertiary/aromatic N) is 1. The van der Waals surface area contributed by atoms with Crippen molar-refractivity contribution >= 4 is 17.6 Å². The summed E-state index contributed by atoms with van der Waals surface area (Å²) in [4.78, 5) is 16.3. The molecule has 0 aliphatic rings. The maximum absolute atomic E-state index is 12.1. The van der Waals surface area contributed by atoms with Gasteiger partial charge in [0.1, 0.15) is 5.15 Å². The van der Waals surface area contributed by atoms with E-state index >= 15 is 0 Å². The Bertz CT molecular complexity index is 452. The van der Waals surface area contributed by atoms with Crippen molar-refractivity contribution in [3.63, 3.8) is 0 Å². The topological polar surface area (TPSA) is 39.2 Å². The molecule has 4 heteroatoms. The first-order valence-corrected chi connectivity index (χ1v) is 7.01. The highest BCUT2D eigenvalue weighted by atomic mass is 35.5. The van der Waals surface area contributed by atoms with Crippen LogP contribution in [0.2, 0.25) is 5.15 Å². The summed E-state index contributed by atoms with van der Waals surface area (Å²) >= 11 is 5.98. The molecule has 1 unspecified atom stereocenters. The zero-order valence-electron chi connectivity index (χ0n) is 12.3. The van der Waals surface area contributed by atoms with Gasteiger partial charge in [0.05, 0.1) is 11.7 Å². The van der Waals surface area contributed by atoms with E-state index in [2.05, 4.69) is 11.9 Å². The summed E-state index contributed by atoms with van der Waals surface area (Å²) in [7, 11) is 0. The lowest BCUT2D eigenvalue weighted by atomic mass is 9.91. The number of carbonyl (C=O) groups excluding carboxylic acids is 1. The second-order valence-corrected chi connectivity index (χ2v) is 6.21. The Balaban J connectivity index is 2.95. The van der Waals surface area contributed by atoms with E-state index in [-0.39, 0.29) is 17.5 Å². The molecule has 3 nitrogen and oxygen atoms in total. The van der Waals surface area contributed by atoms with Crippen molar-refractivity contribution in [2.75, 3.05) is 0 Å². The summed E-state index contributed by atoms with van der Waals surface area (Å²) in [6.07, 6.45) is 1.76. The molecule has 0 fully saturated rings. The van der Waals surface area contributed by atoms with Gasteiger partial charge in [-0.05, 0) is 25.5 Å². The Hall–Kier alpha value is -1.09. The first-order chi connectivity index (χ1) is 8.74. The Morgan fingerprint density at radius 1 is 1.42 bits per heavy atom. The predicted molar refractivity (Wildman–Crippen MR) is 77.7 cm³/mol. The number of esters is 1. The molecule has 106 valence electrons. The zero-order chi connectivity index (χ0) is 14.6. The average molecular weight is 284 g/mol. The van der Waals surface area contributed by atoms with Crippen molar-refractivity contribution in [3.8, 4) is 0 Å². The van der Waals surface area contributed by atoms with Gasteiger partial charge < -0.3 is 4.74 Å². The molecule has 0 aliphatic carbocycles. The number of halogens is 1. The third-order valence-electron chi connectivity index (χ3n) is 2.80. The number of pyridine rings is 1. The minimum atomic E-state index is -0.337. The monoisotopic (exact) mass is 283 g/mol. The molecule has 1 rings (SSSR count). The Kier molecular flexibility index (Phi) is 5.36. The molecule has 19 heavy (non-hydrogen) atoms. The minimum absolute atomic E-state index is 0.0810. The van der Waals surface area contributed by atoms with E-state index in [9.17, 15) is 4.79 Å². The molecule has 0 saturated heterocycles. The van der Waals surface area contributed by atoms with Gasteiger partial charge in [-0.2, -0.15) is 0 Å². The van der Waals surface area contributed by atoms with Crippen LogP contribution < -0.4 is 0 Å². The molecule has 1 aromatic heterocycles. The first-order valence-electron chi connectivity index (χ1n) is 6.63. The van der Waals surface area contributed by atoms with Crippen LogP contribution in [0.3, 0.4) is 0 Å². The van der Waals surface area contributed by atoms with Crippen molar-refractivity contribution in [3.05, 3.63) is 28.5 Å². The molecule has 0 bridgehead atoms. The van der Waals surface area contributed by atoms with Crippen molar-refractivity contribution < 1.29 is 9.53 Å². The second-order valence-electron chi connectivity index (χ2n) is 5.82. The van der Waals surface area contributed by atoms with Gasteiger partial charge in [-0.15, -0.1) is 0 Å². The standard InChI is InChI=1S/C15H22ClNO2/c1-6-7-10(2)19-14(18)11-8-12(15(3,4)5)17-13(16)9-11/h8-10H,6-7H2,1-5H3. The summed E-state index contributed by atoms with van der Waals surface area (Å²) in [5.74, 6) is -0.337. The van der Waals surface area contributed by atoms with E-state index < -0.39 is 0 Å². The molecular formula is C15H22ClNO2. The lowest BCUT2D eigenvalue weighted by molar-refractivity contribution is 0.0323. The highest BCUT2D eigenvalue weighted by Crippen LogP contribution is 2.24. The Morgan fingerprint density at radius 3 is 2.58 bits per heavy atom. The second kappa shape index (κ2) is 6.38. The number of hydrogen-bond acceptors (Lipinski definition) is 3. The van der Waals surface area contributed by atoms with Gasteiger partial charge in [0.25, 0.3) is 0 Å². The predicted octanol–water partition coefficient (Wildman–Crippen LogP) is 4.38. The smallest absolute Gasteiger partial charge is 0.338 e. The van der Waals surface area contributed by atoms with Crippen LogP contribution in [0.5, 0.6) is 0 Å². The van der Waals surface area contributed by atoms with E-state index in [4.69, 9.17) is 16.3 Å². The van der Waals surface area contributed by atoms with Gasteiger partial charge in [-0.1, -0.05) is 45.7 Å². The zero-order valence-corrected chi connectivity index (χ0v) is 13.0. The SMILES string of the molecule is CCCC(C)OC(=O)c1cc(Cl)nc(C(C)(C)C)c1. The van der Waals surface area contributed by atoms with Crippen LogP contribution in [-0.2, 0) is 10.2 Å². The van der Waals surface area contributed by atoms with E-state index in [0.29, 0.717) is 10.7 Å². The van der Waals surface area contributed by atoms with E-state index in [1.807, 2.05) is 27.7 Å². The first kappa shape index (κ1) is 16.0. The van der Waals surface area contributed by atoms with Crippen molar-refractivity contribution in [1.82, 2.24) is 4.98 Å². The molecule has 0 N–H and O–H groups in total. The molecule has 1 heterocycles. The van der Waals surface area contributed by atoms with Crippen LogP contribution in [-0.4, -0.2) is 17.1 Å². The summed E-state index contributed by atoms with van der Waals surface area (Å²) in [5, 5.41) is 0.322. The van der Waals surface area contributed by atoms with Gasteiger partial charge in [-0.3, -0.25) is 0 Å². The van der Waals surface area contributed by atoms with Crippen LogP contribution in [0.4, 0.5) is 0 Å². The Morgan fingerprint density at radius 2 is 2.05 bits per heavy atom. The maximum atomic E-state index is 12.1. The lowest BCUT2D eigenvalue weighted by Crippen LogP contribution is -2.18. The number of ether oxygens (including phenoxy) is 1.